The molecule has 0 aromatic carbocycles. The Morgan fingerprint density at radius 2 is 2.44 bits per heavy atom. The SMILES string of the molecule is O=C(CC1CCC1)NCC(O)c1ccco1. The molecule has 1 unspecified atom stereocenters. The first-order valence-electron chi connectivity index (χ1n) is 5.74. The molecule has 1 atom stereocenters. The number of carbonyl (C=O) groups excluding carboxylic acids is 1. The maximum absolute atomic E-state index is 11.5. The summed E-state index contributed by atoms with van der Waals surface area (Å²) in [5.41, 5.74) is 0. The van der Waals surface area contributed by atoms with E-state index in [-0.39, 0.29) is 12.5 Å². The van der Waals surface area contributed by atoms with Gasteiger partial charge in [-0.05, 0) is 30.9 Å². The average molecular weight is 223 g/mol. The topological polar surface area (TPSA) is 62.5 Å². The number of aliphatic hydroxyl groups is 1. The lowest BCUT2D eigenvalue weighted by molar-refractivity contribution is -0.123. The van der Waals surface area contributed by atoms with Crippen LogP contribution in [0.4, 0.5) is 0 Å². The Morgan fingerprint density at radius 1 is 1.62 bits per heavy atom. The van der Waals surface area contributed by atoms with Gasteiger partial charge in [-0.25, -0.2) is 0 Å². The standard InChI is InChI=1S/C12H17NO3/c14-10(11-5-2-6-16-11)8-13-12(15)7-9-3-1-4-9/h2,5-6,9-10,14H,1,3-4,7-8H2,(H,13,15). The summed E-state index contributed by atoms with van der Waals surface area (Å²) in [6.45, 7) is 0.221. The van der Waals surface area contributed by atoms with Gasteiger partial charge >= 0.3 is 0 Å². The Morgan fingerprint density at radius 3 is 3.00 bits per heavy atom. The van der Waals surface area contributed by atoms with E-state index >= 15 is 0 Å². The van der Waals surface area contributed by atoms with Gasteiger partial charge in [-0.2, -0.15) is 0 Å². The van der Waals surface area contributed by atoms with Crippen LogP contribution in [0.1, 0.15) is 37.5 Å². The Hall–Kier alpha value is -1.29. The molecule has 4 heteroatoms. The third-order valence-electron chi connectivity index (χ3n) is 3.06. The zero-order valence-corrected chi connectivity index (χ0v) is 9.19. The number of hydrogen-bond donors (Lipinski definition) is 2. The lowest BCUT2D eigenvalue weighted by Crippen LogP contribution is -2.31. The second-order valence-electron chi connectivity index (χ2n) is 4.34. The fraction of sp³-hybridized carbons (Fsp3) is 0.583. The van der Waals surface area contributed by atoms with Crippen LogP contribution in [-0.2, 0) is 4.79 Å². The van der Waals surface area contributed by atoms with Gasteiger partial charge in [0.2, 0.25) is 5.91 Å². The summed E-state index contributed by atoms with van der Waals surface area (Å²) < 4.78 is 5.04. The van der Waals surface area contributed by atoms with Crippen molar-refractivity contribution >= 4 is 5.91 Å². The van der Waals surface area contributed by atoms with Crippen molar-refractivity contribution in [3.8, 4) is 0 Å². The highest BCUT2D eigenvalue weighted by atomic mass is 16.4. The molecule has 1 aliphatic carbocycles. The van der Waals surface area contributed by atoms with Gasteiger partial charge in [0.05, 0.1) is 12.8 Å². The molecular weight excluding hydrogens is 206 g/mol. The molecule has 1 amide bonds. The van der Waals surface area contributed by atoms with Crippen LogP contribution in [0, 0.1) is 5.92 Å². The van der Waals surface area contributed by atoms with Crippen molar-refractivity contribution in [1.29, 1.82) is 0 Å². The molecule has 0 bridgehead atoms. The Kier molecular flexibility index (Phi) is 3.62. The van der Waals surface area contributed by atoms with Crippen LogP contribution in [0.2, 0.25) is 0 Å². The van der Waals surface area contributed by atoms with E-state index in [1.807, 2.05) is 0 Å². The molecular formula is C12H17NO3. The number of aliphatic hydroxyl groups excluding tert-OH is 1. The normalized spacial score (nSPS) is 17.8. The zero-order chi connectivity index (χ0) is 11.4. The summed E-state index contributed by atoms with van der Waals surface area (Å²) in [5, 5.41) is 12.4. The van der Waals surface area contributed by atoms with Crippen LogP contribution in [0.3, 0.4) is 0 Å². The van der Waals surface area contributed by atoms with Crippen molar-refractivity contribution in [3.63, 3.8) is 0 Å². The number of hydrogen-bond acceptors (Lipinski definition) is 3. The molecule has 88 valence electrons. The van der Waals surface area contributed by atoms with Crippen molar-refractivity contribution < 1.29 is 14.3 Å². The third kappa shape index (κ3) is 2.85. The molecule has 4 nitrogen and oxygen atoms in total. The van der Waals surface area contributed by atoms with E-state index in [1.54, 1.807) is 12.1 Å². The number of furan rings is 1. The van der Waals surface area contributed by atoms with Crippen molar-refractivity contribution in [3.05, 3.63) is 24.2 Å². The highest BCUT2D eigenvalue weighted by molar-refractivity contribution is 5.76. The van der Waals surface area contributed by atoms with Gasteiger partial charge in [-0.3, -0.25) is 4.79 Å². The van der Waals surface area contributed by atoms with Crippen LogP contribution >= 0.6 is 0 Å². The summed E-state index contributed by atoms with van der Waals surface area (Å²) in [6.07, 6.45) is 4.91. The summed E-state index contributed by atoms with van der Waals surface area (Å²) in [7, 11) is 0. The van der Waals surface area contributed by atoms with Crippen molar-refractivity contribution in [2.24, 2.45) is 5.92 Å². The molecule has 16 heavy (non-hydrogen) atoms. The first kappa shape index (κ1) is 11.2. The Bertz CT molecular complexity index is 330. The smallest absolute Gasteiger partial charge is 0.220 e. The minimum absolute atomic E-state index is 0.0234. The molecule has 2 N–H and O–H groups in total. The minimum atomic E-state index is -0.750. The summed E-state index contributed by atoms with van der Waals surface area (Å²) >= 11 is 0. The van der Waals surface area contributed by atoms with E-state index in [9.17, 15) is 9.90 Å². The highest BCUT2D eigenvalue weighted by Crippen LogP contribution is 2.29. The van der Waals surface area contributed by atoms with Crippen LogP contribution < -0.4 is 5.32 Å². The zero-order valence-electron chi connectivity index (χ0n) is 9.19. The molecule has 2 rings (SSSR count). The highest BCUT2D eigenvalue weighted by Gasteiger charge is 2.21. The number of rotatable bonds is 5. The Labute approximate surface area is 94.6 Å². The monoisotopic (exact) mass is 223 g/mol. The van der Waals surface area contributed by atoms with Gasteiger partial charge < -0.3 is 14.8 Å². The van der Waals surface area contributed by atoms with E-state index in [0.717, 1.165) is 12.8 Å². The lowest BCUT2D eigenvalue weighted by Gasteiger charge is -2.24. The van der Waals surface area contributed by atoms with Crippen LogP contribution in [0.25, 0.3) is 0 Å². The van der Waals surface area contributed by atoms with Gasteiger partial charge in [0, 0.05) is 6.42 Å². The fourth-order valence-electron chi connectivity index (χ4n) is 1.82. The van der Waals surface area contributed by atoms with Gasteiger partial charge in [0.15, 0.2) is 0 Å². The average Bonchev–Trinajstić information content (AvgIpc) is 2.73. The summed E-state index contributed by atoms with van der Waals surface area (Å²) in [4.78, 5) is 11.5. The van der Waals surface area contributed by atoms with E-state index in [2.05, 4.69) is 5.32 Å². The van der Waals surface area contributed by atoms with Crippen LogP contribution in [0.15, 0.2) is 22.8 Å². The minimum Gasteiger partial charge on any atom is -0.467 e. The molecule has 0 spiro atoms. The molecule has 1 aromatic rings. The molecule has 1 aliphatic rings. The molecule has 1 fully saturated rings. The second-order valence-corrected chi connectivity index (χ2v) is 4.34. The predicted octanol–water partition coefficient (Wildman–Crippen LogP) is 1.62. The number of amides is 1. The van der Waals surface area contributed by atoms with Gasteiger partial charge in [-0.15, -0.1) is 0 Å². The molecule has 0 radical (unpaired) electrons. The Balaban J connectivity index is 1.68. The fourth-order valence-corrected chi connectivity index (χ4v) is 1.82. The molecule has 1 saturated carbocycles. The first-order chi connectivity index (χ1) is 7.75. The van der Waals surface area contributed by atoms with Gasteiger partial charge in [0.1, 0.15) is 11.9 Å². The van der Waals surface area contributed by atoms with Crippen molar-refractivity contribution in [2.75, 3.05) is 6.54 Å². The predicted molar refractivity (Wildman–Crippen MR) is 58.6 cm³/mol. The quantitative estimate of drug-likeness (QED) is 0.797. The van der Waals surface area contributed by atoms with Gasteiger partial charge in [0.25, 0.3) is 0 Å². The van der Waals surface area contributed by atoms with E-state index < -0.39 is 6.10 Å². The third-order valence-corrected chi connectivity index (χ3v) is 3.06. The molecule has 1 aromatic heterocycles. The number of carbonyl (C=O) groups is 1. The van der Waals surface area contributed by atoms with Crippen LogP contribution in [-0.4, -0.2) is 17.6 Å². The van der Waals surface area contributed by atoms with Crippen molar-refractivity contribution in [2.45, 2.75) is 31.8 Å². The maximum atomic E-state index is 11.5. The summed E-state index contributed by atoms with van der Waals surface area (Å²) in [5.74, 6) is 1.07. The van der Waals surface area contributed by atoms with Crippen LogP contribution in [0.5, 0.6) is 0 Å². The first-order valence-corrected chi connectivity index (χ1v) is 5.74. The second kappa shape index (κ2) is 5.16. The largest absolute Gasteiger partial charge is 0.467 e. The van der Waals surface area contributed by atoms with E-state index in [0.29, 0.717) is 18.1 Å². The maximum Gasteiger partial charge on any atom is 0.220 e. The molecule has 1 heterocycles. The number of nitrogens with one attached hydrogen (secondary N) is 1. The molecule has 0 aliphatic heterocycles. The lowest BCUT2D eigenvalue weighted by atomic mass is 9.83. The molecule has 0 saturated heterocycles. The summed E-state index contributed by atoms with van der Waals surface area (Å²) in [6, 6.07) is 3.41. The van der Waals surface area contributed by atoms with E-state index in [1.165, 1.54) is 12.7 Å². The van der Waals surface area contributed by atoms with Gasteiger partial charge in [-0.1, -0.05) is 6.42 Å². The van der Waals surface area contributed by atoms with Crippen molar-refractivity contribution in [1.82, 2.24) is 5.32 Å². The van der Waals surface area contributed by atoms with E-state index in [4.69, 9.17) is 4.42 Å².